The van der Waals surface area contributed by atoms with E-state index in [1.54, 1.807) is 48.5 Å². The highest BCUT2D eigenvalue weighted by atomic mass is 79.9. The molecule has 1 aliphatic rings. The number of nitrogens with zero attached hydrogens (tertiary/aromatic N) is 1. The van der Waals surface area contributed by atoms with Crippen molar-refractivity contribution < 1.29 is 32.5 Å². The van der Waals surface area contributed by atoms with Gasteiger partial charge in [0.1, 0.15) is 12.3 Å². The minimum Gasteiger partial charge on any atom is -0.494 e. The smallest absolute Gasteiger partial charge is 0.402 e. The lowest BCUT2D eigenvalue weighted by Gasteiger charge is -2.31. The highest BCUT2D eigenvalue weighted by Gasteiger charge is 2.53. The van der Waals surface area contributed by atoms with Crippen LogP contribution in [0.25, 0.3) is 0 Å². The highest BCUT2D eigenvalue weighted by Crippen LogP contribution is 2.42. The molecule has 39 heavy (non-hydrogen) atoms. The minimum atomic E-state index is -4.52. The van der Waals surface area contributed by atoms with Gasteiger partial charge in [0, 0.05) is 29.5 Å². The van der Waals surface area contributed by atoms with Crippen molar-refractivity contribution in [3.05, 3.63) is 100 Å². The van der Waals surface area contributed by atoms with Crippen molar-refractivity contribution in [3.8, 4) is 5.75 Å². The molecular formula is C28H27BrF3N3O4. The van der Waals surface area contributed by atoms with Gasteiger partial charge in [0.05, 0.1) is 6.61 Å². The van der Waals surface area contributed by atoms with Crippen molar-refractivity contribution in [1.82, 2.24) is 10.9 Å². The number of carbonyl (C=O) groups is 1. The minimum absolute atomic E-state index is 0.0174. The van der Waals surface area contributed by atoms with Crippen LogP contribution in [0.3, 0.4) is 0 Å². The standard InChI is InChI=1S/C28H27BrF3N3O4/c29-22-11-7-20(8-12-22)24-27(17-19-5-2-1-3-6-19,26(37)35-33-18-28(30,31)32)34-25(39-24)21-9-13-23(14-10-21)38-16-4-15-36/h1-3,5-14,24,33,36H,4,15-18H2,(H,35,37)/t24-,27-/m0/s1. The number of carbonyl (C=O) groups excluding carboxylic acids is 1. The van der Waals surface area contributed by atoms with E-state index in [2.05, 4.69) is 21.4 Å². The zero-order valence-electron chi connectivity index (χ0n) is 20.7. The highest BCUT2D eigenvalue weighted by molar-refractivity contribution is 9.10. The van der Waals surface area contributed by atoms with Crippen LogP contribution in [-0.4, -0.2) is 48.4 Å². The van der Waals surface area contributed by atoms with Crippen molar-refractivity contribution in [1.29, 1.82) is 0 Å². The summed E-state index contributed by atoms with van der Waals surface area (Å²) in [5, 5.41) is 8.95. The molecular weight excluding hydrogens is 579 g/mol. The molecule has 0 radical (unpaired) electrons. The molecule has 0 saturated heterocycles. The predicted octanol–water partition coefficient (Wildman–Crippen LogP) is 4.89. The van der Waals surface area contributed by atoms with Gasteiger partial charge in [-0.1, -0.05) is 58.4 Å². The van der Waals surface area contributed by atoms with Gasteiger partial charge in [0.25, 0.3) is 5.91 Å². The average molecular weight is 606 g/mol. The number of amides is 1. The molecule has 0 spiro atoms. The Hall–Kier alpha value is -3.41. The molecule has 3 aromatic rings. The van der Waals surface area contributed by atoms with Gasteiger partial charge in [-0.25, -0.2) is 10.4 Å². The Kier molecular flexibility index (Phi) is 9.26. The van der Waals surface area contributed by atoms with Crippen molar-refractivity contribution in [2.75, 3.05) is 19.8 Å². The van der Waals surface area contributed by atoms with E-state index in [9.17, 15) is 18.0 Å². The van der Waals surface area contributed by atoms with Gasteiger partial charge in [0.15, 0.2) is 11.6 Å². The fraction of sp³-hybridized carbons (Fsp3) is 0.286. The van der Waals surface area contributed by atoms with Crippen LogP contribution in [0, 0.1) is 0 Å². The van der Waals surface area contributed by atoms with Gasteiger partial charge >= 0.3 is 6.18 Å². The number of hydrogen-bond donors (Lipinski definition) is 3. The Labute approximate surface area is 232 Å². The molecule has 11 heteroatoms. The van der Waals surface area contributed by atoms with Crippen LogP contribution in [0.5, 0.6) is 5.75 Å². The van der Waals surface area contributed by atoms with Crippen LogP contribution in [0.4, 0.5) is 13.2 Å². The van der Waals surface area contributed by atoms with Gasteiger partial charge in [0.2, 0.25) is 5.90 Å². The van der Waals surface area contributed by atoms with Crippen molar-refractivity contribution in [2.45, 2.75) is 30.7 Å². The lowest BCUT2D eigenvalue weighted by Crippen LogP contribution is -2.55. The summed E-state index contributed by atoms with van der Waals surface area (Å²) < 4.78 is 51.2. The maximum absolute atomic E-state index is 13.7. The van der Waals surface area contributed by atoms with E-state index < -0.39 is 30.3 Å². The molecule has 7 nitrogen and oxygen atoms in total. The Bertz CT molecular complexity index is 1270. The van der Waals surface area contributed by atoms with Crippen LogP contribution >= 0.6 is 15.9 Å². The summed E-state index contributed by atoms with van der Waals surface area (Å²) in [6.45, 7) is -1.04. The Balaban J connectivity index is 1.73. The summed E-state index contributed by atoms with van der Waals surface area (Å²) in [7, 11) is 0. The lowest BCUT2D eigenvalue weighted by molar-refractivity contribution is -0.136. The van der Waals surface area contributed by atoms with E-state index in [1.807, 2.05) is 35.8 Å². The van der Waals surface area contributed by atoms with Crippen molar-refractivity contribution >= 4 is 27.7 Å². The molecule has 1 aliphatic heterocycles. The molecule has 2 atom stereocenters. The first-order chi connectivity index (χ1) is 18.7. The number of alkyl halides is 3. The monoisotopic (exact) mass is 605 g/mol. The maximum atomic E-state index is 13.7. The summed E-state index contributed by atoms with van der Waals surface area (Å²) in [6.07, 6.45) is -4.90. The first-order valence-corrected chi connectivity index (χ1v) is 13.0. The van der Waals surface area contributed by atoms with Crippen LogP contribution in [0.2, 0.25) is 0 Å². The molecule has 0 bridgehead atoms. The van der Waals surface area contributed by atoms with Crippen molar-refractivity contribution in [3.63, 3.8) is 0 Å². The lowest BCUT2D eigenvalue weighted by atomic mass is 9.82. The third kappa shape index (κ3) is 7.37. The number of hydrogen-bond acceptors (Lipinski definition) is 6. The van der Waals surface area contributed by atoms with Crippen LogP contribution in [0.1, 0.15) is 29.2 Å². The third-order valence-corrected chi connectivity index (χ3v) is 6.54. The van der Waals surface area contributed by atoms with Crippen LogP contribution in [0.15, 0.2) is 88.3 Å². The van der Waals surface area contributed by atoms with E-state index in [0.717, 1.165) is 10.0 Å². The molecule has 0 fully saturated rings. The first kappa shape index (κ1) is 28.6. The number of ether oxygens (including phenoxy) is 2. The summed E-state index contributed by atoms with van der Waals surface area (Å²) >= 11 is 3.40. The topological polar surface area (TPSA) is 92.2 Å². The fourth-order valence-corrected chi connectivity index (χ4v) is 4.42. The summed E-state index contributed by atoms with van der Waals surface area (Å²) in [5.41, 5.74) is 4.53. The van der Waals surface area contributed by atoms with E-state index in [0.29, 0.717) is 29.9 Å². The largest absolute Gasteiger partial charge is 0.494 e. The van der Waals surface area contributed by atoms with Crippen LogP contribution in [-0.2, 0) is 16.0 Å². The molecule has 0 aromatic heterocycles. The van der Waals surface area contributed by atoms with Gasteiger partial charge in [-0.15, -0.1) is 0 Å². The van der Waals surface area contributed by atoms with E-state index in [-0.39, 0.29) is 18.9 Å². The second-order valence-corrected chi connectivity index (χ2v) is 9.84. The molecule has 3 aromatic carbocycles. The number of aliphatic hydroxyl groups excluding tert-OH is 1. The Morgan fingerprint density at radius 2 is 1.74 bits per heavy atom. The normalized spacial score (nSPS) is 18.8. The van der Waals surface area contributed by atoms with Crippen LogP contribution < -0.4 is 15.6 Å². The van der Waals surface area contributed by atoms with Gasteiger partial charge < -0.3 is 14.6 Å². The Morgan fingerprint density at radius 1 is 1.05 bits per heavy atom. The van der Waals surface area contributed by atoms with Gasteiger partial charge in [-0.2, -0.15) is 13.2 Å². The molecule has 4 rings (SSSR count). The number of benzene rings is 3. The molecule has 1 amide bonds. The first-order valence-electron chi connectivity index (χ1n) is 12.2. The second-order valence-electron chi connectivity index (χ2n) is 8.93. The van der Waals surface area contributed by atoms with E-state index in [4.69, 9.17) is 19.6 Å². The summed E-state index contributed by atoms with van der Waals surface area (Å²) in [4.78, 5) is 18.5. The quantitative estimate of drug-likeness (QED) is 0.214. The predicted molar refractivity (Wildman–Crippen MR) is 143 cm³/mol. The molecule has 1 heterocycles. The SMILES string of the molecule is O=C(NNCC(F)(F)F)[C@@]1(Cc2ccccc2)N=C(c2ccc(OCCCO)cc2)O[C@H]1c1ccc(Br)cc1. The average Bonchev–Trinajstić information content (AvgIpc) is 3.30. The summed E-state index contributed by atoms with van der Waals surface area (Å²) in [5.74, 6) is -0.00546. The third-order valence-electron chi connectivity index (χ3n) is 6.01. The number of halogens is 4. The Morgan fingerprint density at radius 3 is 2.38 bits per heavy atom. The number of aliphatic imine (C=N–C) groups is 1. The maximum Gasteiger partial charge on any atom is 0.402 e. The second kappa shape index (κ2) is 12.6. The number of hydrazine groups is 1. The number of nitrogens with one attached hydrogen (secondary N) is 2. The summed E-state index contributed by atoms with van der Waals surface area (Å²) in [6, 6.07) is 23.1. The van der Waals surface area contributed by atoms with E-state index >= 15 is 0 Å². The fourth-order valence-electron chi connectivity index (χ4n) is 4.16. The molecule has 206 valence electrons. The van der Waals surface area contributed by atoms with Gasteiger partial charge in [-0.3, -0.25) is 10.2 Å². The number of aliphatic hydroxyl groups is 1. The molecule has 0 saturated carbocycles. The van der Waals surface area contributed by atoms with Crippen molar-refractivity contribution in [2.24, 2.45) is 4.99 Å². The molecule has 0 unspecified atom stereocenters. The molecule has 3 N–H and O–H groups in total. The zero-order chi connectivity index (χ0) is 27.9. The van der Waals surface area contributed by atoms with E-state index in [1.165, 1.54) is 0 Å². The van der Waals surface area contributed by atoms with Gasteiger partial charge in [-0.05, 0) is 47.5 Å². The molecule has 0 aliphatic carbocycles. The zero-order valence-corrected chi connectivity index (χ0v) is 22.3. The number of rotatable bonds is 11.